The molecule has 0 saturated carbocycles. The van der Waals surface area contributed by atoms with E-state index in [2.05, 4.69) is 16.0 Å². The number of aromatic hydroxyl groups is 1. The second-order valence-electron chi connectivity index (χ2n) is 13.8. The Labute approximate surface area is 306 Å². The topological polar surface area (TPSA) is 224 Å². The van der Waals surface area contributed by atoms with Crippen LogP contribution in [0, 0.1) is 5.92 Å². The van der Waals surface area contributed by atoms with Crippen LogP contribution in [0.15, 0.2) is 42.5 Å². The summed E-state index contributed by atoms with van der Waals surface area (Å²) in [7, 11) is 0. The fraction of sp³-hybridized carbons (Fsp3) is 0.514. The van der Waals surface area contributed by atoms with Gasteiger partial charge in [-0.25, -0.2) is 4.79 Å². The molecule has 3 aliphatic rings. The first kappa shape index (κ1) is 39.2. The number of amides is 3. The van der Waals surface area contributed by atoms with Crippen LogP contribution >= 0.6 is 11.6 Å². The van der Waals surface area contributed by atoms with Crippen molar-refractivity contribution in [1.82, 2.24) is 16.0 Å². The largest absolute Gasteiger partial charge is 0.506 e. The molecule has 3 amide bonds. The summed E-state index contributed by atoms with van der Waals surface area (Å²) in [5, 5.41) is 62.6. The zero-order valence-corrected chi connectivity index (χ0v) is 29.6. The molecule has 8 atom stereocenters. The molecule has 0 spiro atoms. The number of carboxylic acids is 1. The minimum atomic E-state index is -2.06. The van der Waals surface area contributed by atoms with E-state index in [-0.39, 0.29) is 34.6 Å². The molecule has 5 rings (SSSR count). The summed E-state index contributed by atoms with van der Waals surface area (Å²) in [6.07, 6.45) is -1.45. The van der Waals surface area contributed by atoms with Gasteiger partial charge in [-0.1, -0.05) is 42.0 Å². The quantitative estimate of drug-likeness (QED) is 0.226. The standard InChI is InChI=1S/C37H46ClN3O11/c1-20(42)40-30-28(43)17-37(36(49)50)12-4-7-21-6-2-8-22(14-21)27(41-35(48)24-10-5-13-51-19-24)11-3-9-23-15-25(16-26(38)31(23)45)34(47)39-18-29(44)32(46)33(30)52-37/h2,4,6-8,14-16,24,27-30,32-33,43-46H,3,5,9-13,17-19H2,1H3,(H,39,47)(H,40,42)(H,41,48)(H,49,50)/b7-4+/t24?,27?,28-,29+,30+,32+,33?,37+/m0/s1. The Balaban J connectivity index is 1.52. The van der Waals surface area contributed by atoms with Crippen LogP contribution < -0.4 is 16.0 Å². The summed E-state index contributed by atoms with van der Waals surface area (Å²) in [6.45, 7) is 1.58. The number of rotatable bonds is 4. The number of β-amino-alcohol motifs (C(OH)–C–C–N with tert-alkyl or cyclic N) is 1. The molecule has 2 saturated heterocycles. The van der Waals surface area contributed by atoms with Crippen LogP contribution in [0.5, 0.6) is 5.75 Å². The Hall–Kier alpha value is -4.05. The number of aliphatic hydroxyl groups excluding tert-OH is 3. The maximum absolute atomic E-state index is 13.4. The second kappa shape index (κ2) is 17.2. The highest BCUT2D eigenvalue weighted by Crippen LogP contribution is 2.36. The normalized spacial score (nSPS) is 30.9. The van der Waals surface area contributed by atoms with E-state index < -0.39 is 72.8 Å². The third kappa shape index (κ3) is 9.29. The van der Waals surface area contributed by atoms with Crippen molar-refractivity contribution in [3.05, 3.63) is 69.8 Å². The fourth-order valence-electron chi connectivity index (χ4n) is 7.05. The van der Waals surface area contributed by atoms with Gasteiger partial charge in [0.1, 0.15) is 18.0 Å². The van der Waals surface area contributed by atoms with Gasteiger partial charge in [0, 0.05) is 38.5 Å². The molecule has 2 aromatic rings. The SMILES string of the molecule is CC(=O)N[C@H]1C2O[C@](C(=O)O)(C/C=C/c3cccc(c3)C(NC(=O)C3CCCOC3)CCCc3cc(cc(Cl)c3O)C(=O)NC[C@@H](O)[C@H]2O)C[C@@H]1O. The van der Waals surface area contributed by atoms with Crippen molar-refractivity contribution in [3.63, 3.8) is 0 Å². The second-order valence-corrected chi connectivity index (χ2v) is 14.2. The molecular formula is C37H46ClN3O11. The number of phenols is 1. The Morgan fingerprint density at radius 3 is 2.54 bits per heavy atom. The number of hydrogen-bond donors (Lipinski definition) is 8. The molecule has 8 N–H and O–H groups in total. The van der Waals surface area contributed by atoms with Crippen molar-refractivity contribution < 1.29 is 54.2 Å². The number of benzene rings is 2. The third-order valence-electron chi connectivity index (χ3n) is 9.89. The number of carbonyl (C=O) groups is 4. The lowest BCUT2D eigenvalue weighted by Crippen LogP contribution is -2.67. The molecule has 282 valence electrons. The number of aliphatic hydroxyl groups is 3. The van der Waals surface area contributed by atoms with Crippen molar-refractivity contribution in [3.8, 4) is 5.75 Å². The van der Waals surface area contributed by atoms with Crippen molar-refractivity contribution in [2.75, 3.05) is 19.8 Å². The van der Waals surface area contributed by atoms with Crippen LogP contribution in [0.3, 0.4) is 0 Å². The lowest BCUT2D eigenvalue weighted by Gasteiger charge is -2.47. The first-order valence-corrected chi connectivity index (χ1v) is 17.8. The summed E-state index contributed by atoms with van der Waals surface area (Å²) in [5.41, 5.74) is -0.143. The van der Waals surface area contributed by atoms with Gasteiger partial charge in [0.2, 0.25) is 11.8 Å². The Kier molecular flexibility index (Phi) is 12.9. The van der Waals surface area contributed by atoms with Crippen LogP contribution in [-0.2, 0) is 30.3 Å². The van der Waals surface area contributed by atoms with E-state index in [1.807, 2.05) is 12.1 Å². The Bertz CT molecular complexity index is 1670. The van der Waals surface area contributed by atoms with E-state index in [0.717, 1.165) is 12.0 Å². The van der Waals surface area contributed by atoms with Gasteiger partial charge >= 0.3 is 5.97 Å². The smallest absolute Gasteiger partial charge is 0.336 e. The number of nitrogens with one attached hydrogen (secondary N) is 3. The zero-order chi connectivity index (χ0) is 37.6. The first-order chi connectivity index (χ1) is 24.8. The van der Waals surface area contributed by atoms with Gasteiger partial charge in [-0.3, -0.25) is 14.4 Å². The van der Waals surface area contributed by atoms with E-state index in [1.165, 1.54) is 19.1 Å². The van der Waals surface area contributed by atoms with E-state index in [9.17, 15) is 44.7 Å². The minimum Gasteiger partial charge on any atom is -0.506 e. The number of fused-ring (bicyclic) bond motifs is 6. The fourth-order valence-corrected chi connectivity index (χ4v) is 7.29. The molecule has 2 aromatic carbocycles. The van der Waals surface area contributed by atoms with Gasteiger partial charge in [0.15, 0.2) is 5.60 Å². The maximum atomic E-state index is 13.4. The summed E-state index contributed by atoms with van der Waals surface area (Å²) in [5.74, 6) is -3.35. The first-order valence-electron chi connectivity index (χ1n) is 17.4. The van der Waals surface area contributed by atoms with E-state index in [1.54, 1.807) is 24.3 Å². The Morgan fingerprint density at radius 1 is 1.04 bits per heavy atom. The number of ether oxygens (including phenoxy) is 2. The van der Waals surface area contributed by atoms with Gasteiger partial charge in [-0.05, 0) is 67.0 Å². The molecule has 3 heterocycles. The van der Waals surface area contributed by atoms with E-state index >= 15 is 0 Å². The summed E-state index contributed by atoms with van der Waals surface area (Å²) < 4.78 is 11.5. The molecular weight excluding hydrogens is 698 g/mol. The van der Waals surface area contributed by atoms with Crippen LogP contribution in [0.4, 0.5) is 0 Å². The van der Waals surface area contributed by atoms with E-state index in [0.29, 0.717) is 50.0 Å². The number of carbonyl (C=O) groups excluding carboxylic acids is 3. The lowest BCUT2D eigenvalue weighted by molar-refractivity contribution is -0.226. The van der Waals surface area contributed by atoms with Gasteiger partial charge in [-0.2, -0.15) is 0 Å². The molecule has 3 unspecified atom stereocenters. The summed E-state index contributed by atoms with van der Waals surface area (Å²) >= 11 is 6.32. The lowest BCUT2D eigenvalue weighted by atomic mass is 9.81. The van der Waals surface area contributed by atoms with Crippen LogP contribution in [0.2, 0.25) is 5.02 Å². The highest BCUT2D eigenvalue weighted by molar-refractivity contribution is 6.32. The number of halogens is 1. The molecule has 15 heteroatoms. The van der Waals surface area contributed by atoms with Crippen LogP contribution in [0.1, 0.15) is 78.5 Å². The minimum absolute atomic E-state index is 0.0664. The van der Waals surface area contributed by atoms with E-state index in [4.69, 9.17) is 21.1 Å². The van der Waals surface area contributed by atoms with Crippen molar-refractivity contribution >= 4 is 41.4 Å². The molecule has 14 nitrogen and oxygen atoms in total. The predicted molar refractivity (Wildman–Crippen MR) is 188 cm³/mol. The van der Waals surface area contributed by atoms with Gasteiger partial charge in [0.25, 0.3) is 5.91 Å². The zero-order valence-electron chi connectivity index (χ0n) is 28.8. The Morgan fingerprint density at radius 2 is 1.83 bits per heavy atom. The van der Waals surface area contributed by atoms with Crippen molar-refractivity contribution in [1.29, 1.82) is 0 Å². The van der Waals surface area contributed by atoms with Crippen molar-refractivity contribution in [2.24, 2.45) is 5.92 Å². The molecule has 0 radical (unpaired) electrons. The number of carboxylic acid groups (broad SMARTS) is 1. The molecule has 2 fully saturated rings. The number of hydrogen-bond acceptors (Lipinski definition) is 10. The average Bonchev–Trinajstić information content (AvgIpc) is 3.12. The molecule has 52 heavy (non-hydrogen) atoms. The molecule has 0 aliphatic carbocycles. The summed E-state index contributed by atoms with van der Waals surface area (Å²) in [4.78, 5) is 51.4. The molecule has 3 aliphatic heterocycles. The third-order valence-corrected chi connectivity index (χ3v) is 10.2. The highest BCUT2D eigenvalue weighted by Gasteiger charge is 2.54. The van der Waals surface area contributed by atoms with Crippen molar-refractivity contribution in [2.45, 2.75) is 94.0 Å². The molecule has 6 bridgehead atoms. The monoisotopic (exact) mass is 743 g/mol. The average molecular weight is 744 g/mol. The van der Waals surface area contributed by atoms with Gasteiger partial charge in [-0.15, -0.1) is 0 Å². The van der Waals surface area contributed by atoms with Crippen LogP contribution in [-0.4, -0.2) is 105 Å². The highest BCUT2D eigenvalue weighted by atomic mass is 35.5. The number of aliphatic carboxylic acids is 1. The number of phenolic OH excluding ortho intramolecular Hbond substituents is 1. The summed E-state index contributed by atoms with van der Waals surface area (Å²) in [6, 6.07) is 8.33. The number of aryl methyl sites for hydroxylation is 1. The molecule has 0 aromatic heterocycles. The predicted octanol–water partition coefficient (Wildman–Crippen LogP) is 2.00. The van der Waals surface area contributed by atoms with Gasteiger partial charge < -0.3 is 51.0 Å². The van der Waals surface area contributed by atoms with Crippen LogP contribution in [0.25, 0.3) is 6.08 Å². The van der Waals surface area contributed by atoms with Gasteiger partial charge in [0.05, 0.1) is 41.8 Å². The maximum Gasteiger partial charge on any atom is 0.336 e.